The maximum Gasteiger partial charge on any atom is 0.240 e. The Kier molecular flexibility index (Phi) is 3.40. The second-order valence-corrected chi connectivity index (χ2v) is 6.30. The summed E-state index contributed by atoms with van der Waals surface area (Å²) in [5, 5.41) is 8.41. The van der Waals surface area contributed by atoms with Crippen molar-refractivity contribution < 1.29 is 8.42 Å². The fraction of sp³-hybridized carbons (Fsp3) is 0.500. The van der Waals surface area contributed by atoms with E-state index in [-0.39, 0.29) is 10.9 Å². The summed E-state index contributed by atoms with van der Waals surface area (Å²) in [6, 6.07) is 7.03. The molecule has 0 heterocycles. The van der Waals surface area contributed by atoms with Gasteiger partial charge in [-0.3, -0.25) is 0 Å². The maximum absolute atomic E-state index is 11.4. The molecule has 1 aliphatic rings. The highest BCUT2D eigenvalue weighted by Crippen LogP contribution is 2.34. The molecule has 1 aliphatic carbocycles. The molecule has 0 radical (unpaired) electrons. The largest absolute Gasteiger partial charge is 0.381 e. The van der Waals surface area contributed by atoms with Gasteiger partial charge in [0, 0.05) is 6.04 Å². The van der Waals surface area contributed by atoms with Crippen LogP contribution >= 0.6 is 0 Å². The number of hydrogen-bond donors (Lipinski definition) is 2. The zero-order valence-corrected chi connectivity index (χ0v) is 10.7. The number of nitrogens with two attached hydrogens (primary N) is 1. The minimum atomic E-state index is -3.65. The van der Waals surface area contributed by atoms with E-state index in [1.807, 2.05) is 0 Å². The average molecular weight is 254 g/mol. The van der Waals surface area contributed by atoms with Crippen molar-refractivity contribution in [3.8, 4) is 0 Å². The molecule has 0 saturated heterocycles. The SMILES string of the molecule is CC(CC1CC1)Nc1ccccc1S(N)(=O)=O. The second-order valence-electron chi connectivity index (χ2n) is 4.77. The van der Waals surface area contributed by atoms with Crippen molar-refractivity contribution in [2.45, 2.75) is 37.1 Å². The summed E-state index contributed by atoms with van der Waals surface area (Å²) in [6.07, 6.45) is 3.67. The van der Waals surface area contributed by atoms with Crippen LogP contribution in [0.15, 0.2) is 29.2 Å². The number of primary sulfonamides is 1. The predicted octanol–water partition coefficient (Wildman–Crippen LogP) is 1.93. The van der Waals surface area contributed by atoms with Gasteiger partial charge in [0.25, 0.3) is 0 Å². The normalized spacial score (nSPS) is 17.8. The molecular formula is C12H18N2O2S. The maximum atomic E-state index is 11.4. The Morgan fingerprint density at radius 3 is 2.65 bits per heavy atom. The van der Waals surface area contributed by atoms with Crippen molar-refractivity contribution in [2.75, 3.05) is 5.32 Å². The van der Waals surface area contributed by atoms with E-state index in [0.717, 1.165) is 12.3 Å². The Morgan fingerprint density at radius 1 is 1.41 bits per heavy atom. The van der Waals surface area contributed by atoms with Gasteiger partial charge >= 0.3 is 0 Å². The molecule has 0 bridgehead atoms. The van der Waals surface area contributed by atoms with E-state index < -0.39 is 10.0 Å². The van der Waals surface area contributed by atoms with Crippen LogP contribution in [0.5, 0.6) is 0 Å². The summed E-state index contributed by atoms with van der Waals surface area (Å²) in [4.78, 5) is 0.169. The van der Waals surface area contributed by atoms with E-state index in [1.165, 1.54) is 18.9 Å². The molecule has 17 heavy (non-hydrogen) atoms. The van der Waals surface area contributed by atoms with E-state index in [4.69, 9.17) is 5.14 Å². The van der Waals surface area contributed by atoms with Gasteiger partial charge in [-0.15, -0.1) is 0 Å². The number of sulfonamides is 1. The summed E-state index contributed by atoms with van der Waals surface area (Å²) in [5.74, 6) is 0.805. The van der Waals surface area contributed by atoms with Crippen molar-refractivity contribution in [3.05, 3.63) is 24.3 Å². The molecule has 0 aliphatic heterocycles. The standard InChI is InChI=1S/C12H18N2O2S/c1-9(8-10-6-7-10)14-11-4-2-3-5-12(11)17(13,15)16/h2-5,9-10,14H,6-8H2,1H3,(H2,13,15,16). The summed E-state index contributed by atoms with van der Waals surface area (Å²) in [6.45, 7) is 2.07. The minimum absolute atomic E-state index is 0.169. The molecule has 0 amide bonds. The highest BCUT2D eigenvalue weighted by atomic mass is 32.2. The Labute approximate surface area is 102 Å². The monoisotopic (exact) mass is 254 g/mol. The lowest BCUT2D eigenvalue weighted by Crippen LogP contribution is -2.20. The molecule has 1 aromatic carbocycles. The minimum Gasteiger partial charge on any atom is -0.381 e. The zero-order valence-electron chi connectivity index (χ0n) is 9.89. The first-order valence-electron chi connectivity index (χ1n) is 5.85. The first kappa shape index (κ1) is 12.4. The zero-order chi connectivity index (χ0) is 12.5. The third-order valence-corrected chi connectivity index (χ3v) is 3.95. The van der Waals surface area contributed by atoms with Gasteiger partial charge in [-0.2, -0.15) is 0 Å². The lowest BCUT2D eigenvalue weighted by Gasteiger charge is -2.17. The molecule has 5 heteroatoms. The van der Waals surface area contributed by atoms with Crippen LogP contribution < -0.4 is 10.5 Å². The summed E-state index contributed by atoms with van der Waals surface area (Å²) in [5.41, 5.74) is 0.600. The fourth-order valence-corrected chi connectivity index (χ4v) is 2.71. The Hall–Kier alpha value is -1.07. The van der Waals surface area contributed by atoms with E-state index in [0.29, 0.717) is 5.69 Å². The van der Waals surface area contributed by atoms with Crippen molar-refractivity contribution in [1.29, 1.82) is 0 Å². The molecule has 3 N–H and O–H groups in total. The van der Waals surface area contributed by atoms with E-state index >= 15 is 0 Å². The van der Waals surface area contributed by atoms with Crippen LogP contribution in [0.3, 0.4) is 0 Å². The number of hydrogen-bond acceptors (Lipinski definition) is 3. The highest BCUT2D eigenvalue weighted by molar-refractivity contribution is 7.89. The predicted molar refractivity (Wildman–Crippen MR) is 68.2 cm³/mol. The van der Waals surface area contributed by atoms with E-state index in [9.17, 15) is 8.42 Å². The van der Waals surface area contributed by atoms with Gasteiger partial charge in [0.15, 0.2) is 0 Å². The number of benzene rings is 1. The summed E-state index contributed by atoms with van der Waals surface area (Å²) >= 11 is 0. The second kappa shape index (κ2) is 4.66. The highest BCUT2D eigenvalue weighted by Gasteiger charge is 2.24. The van der Waals surface area contributed by atoms with Crippen molar-refractivity contribution in [2.24, 2.45) is 11.1 Å². The average Bonchev–Trinajstić information content (AvgIpc) is 3.00. The number of rotatable bonds is 5. The Balaban J connectivity index is 2.14. The van der Waals surface area contributed by atoms with Gasteiger partial charge in [0.2, 0.25) is 10.0 Å². The van der Waals surface area contributed by atoms with Crippen LogP contribution in [0.25, 0.3) is 0 Å². The van der Waals surface area contributed by atoms with Crippen LogP contribution in [0, 0.1) is 5.92 Å². The van der Waals surface area contributed by atoms with Crippen LogP contribution in [-0.2, 0) is 10.0 Å². The summed E-state index contributed by atoms with van der Waals surface area (Å²) < 4.78 is 22.8. The molecule has 1 unspecified atom stereocenters. The van der Waals surface area contributed by atoms with Crippen LogP contribution in [-0.4, -0.2) is 14.5 Å². The third-order valence-electron chi connectivity index (χ3n) is 2.98. The van der Waals surface area contributed by atoms with Crippen LogP contribution in [0.2, 0.25) is 0 Å². The lowest BCUT2D eigenvalue weighted by atomic mass is 10.1. The van der Waals surface area contributed by atoms with Crippen molar-refractivity contribution in [1.82, 2.24) is 0 Å². The Morgan fingerprint density at radius 2 is 2.06 bits per heavy atom. The van der Waals surface area contributed by atoms with Gasteiger partial charge in [-0.25, -0.2) is 13.6 Å². The van der Waals surface area contributed by atoms with Crippen molar-refractivity contribution in [3.63, 3.8) is 0 Å². The molecule has 0 aromatic heterocycles. The number of nitrogens with one attached hydrogen (secondary N) is 1. The van der Waals surface area contributed by atoms with Gasteiger partial charge in [-0.1, -0.05) is 25.0 Å². The molecule has 1 atom stereocenters. The third kappa shape index (κ3) is 3.44. The molecule has 2 rings (SSSR count). The Bertz CT molecular complexity index is 495. The number of anilines is 1. The van der Waals surface area contributed by atoms with Gasteiger partial charge in [0.1, 0.15) is 4.90 Å². The van der Waals surface area contributed by atoms with Gasteiger partial charge in [0.05, 0.1) is 5.69 Å². The molecular weight excluding hydrogens is 236 g/mol. The molecule has 94 valence electrons. The quantitative estimate of drug-likeness (QED) is 0.843. The summed E-state index contributed by atoms with van der Waals surface area (Å²) in [7, 11) is -3.65. The molecule has 1 aromatic rings. The molecule has 1 fully saturated rings. The fourth-order valence-electron chi connectivity index (χ4n) is 2.01. The van der Waals surface area contributed by atoms with E-state index in [1.54, 1.807) is 18.2 Å². The molecule has 4 nitrogen and oxygen atoms in total. The molecule has 1 saturated carbocycles. The first-order chi connectivity index (χ1) is 7.97. The topological polar surface area (TPSA) is 72.2 Å². The lowest BCUT2D eigenvalue weighted by molar-refractivity contribution is 0.597. The van der Waals surface area contributed by atoms with Crippen LogP contribution in [0.1, 0.15) is 26.2 Å². The van der Waals surface area contributed by atoms with Crippen LogP contribution in [0.4, 0.5) is 5.69 Å². The molecule has 0 spiro atoms. The number of para-hydroxylation sites is 1. The van der Waals surface area contributed by atoms with Gasteiger partial charge in [-0.05, 0) is 31.4 Å². The van der Waals surface area contributed by atoms with Gasteiger partial charge < -0.3 is 5.32 Å². The smallest absolute Gasteiger partial charge is 0.240 e. The van der Waals surface area contributed by atoms with Crippen molar-refractivity contribution >= 4 is 15.7 Å². The van der Waals surface area contributed by atoms with E-state index in [2.05, 4.69) is 12.2 Å². The first-order valence-corrected chi connectivity index (χ1v) is 7.40.